The second-order valence-electron chi connectivity index (χ2n) is 9.32. The zero-order valence-corrected chi connectivity index (χ0v) is 23.2. The van der Waals surface area contributed by atoms with Crippen molar-refractivity contribution in [3.8, 4) is 5.75 Å². The molecule has 0 aromatic heterocycles. The van der Waals surface area contributed by atoms with Gasteiger partial charge in [0, 0.05) is 45.2 Å². The van der Waals surface area contributed by atoms with Gasteiger partial charge in [0.25, 0.3) is 5.91 Å². The summed E-state index contributed by atoms with van der Waals surface area (Å²) in [6.45, 7) is 2.96. The van der Waals surface area contributed by atoms with Gasteiger partial charge in [0.05, 0.1) is 17.7 Å². The van der Waals surface area contributed by atoms with E-state index in [1.807, 2.05) is 11.0 Å². The smallest absolute Gasteiger partial charge is 0.303 e. The first-order valence-electron chi connectivity index (χ1n) is 12.9. The van der Waals surface area contributed by atoms with Crippen LogP contribution in [0, 0.1) is 5.82 Å². The highest BCUT2D eigenvalue weighted by Crippen LogP contribution is 2.32. The fourth-order valence-electron chi connectivity index (χ4n) is 4.54. The quantitative estimate of drug-likeness (QED) is 0.374. The number of rotatable bonds is 10. The Kier molecular flexibility index (Phi) is 9.38. The van der Waals surface area contributed by atoms with Gasteiger partial charge in [0.15, 0.2) is 0 Å². The van der Waals surface area contributed by atoms with Gasteiger partial charge in [-0.25, -0.2) is 17.5 Å². The summed E-state index contributed by atoms with van der Waals surface area (Å²) in [6, 6.07) is 19.4. The number of anilines is 1. The van der Waals surface area contributed by atoms with E-state index in [4.69, 9.17) is 9.47 Å². The van der Waals surface area contributed by atoms with Crippen molar-refractivity contribution >= 4 is 27.6 Å². The van der Waals surface area contributed by atoms with Crippen molar-refractivity contribution in [3.63, 3.8) is 0 Å². The number of piperazine rings is 1. The third-order valence-corrected chi connectivity index (χ3v) is 8.08. The molecule has 1 unspecified atom stereocenters. The summed E-state index contributed by atoms with van der Waals surface area (Å²) < 4.78 is 52.6. The number of ether oxygens (including phenoxy) is 2. The topological polar surface area (TPSA) is 105 Å². The number of nitrogens with one attached hydrogen (secondary N) is 1. The van der Waals surface area contributed by atoms with Crippen LogP contribution in [0.2, 0.25) is 0 Å². The lowest BCUT2D eigenvalue weighted by Crippen LogP contribution is -2.50. The van der Waals surface area contributed by atoms with Crippen LogP contribution in [-0.4, -0.2) is 65.0 Å². The highest BCUT2D eigenvalue weighted by atomic mass is 32.2. The monoisotopic (exact) mass is 569 g/mol. The highest BCUT2D eigenvalue weighted by Gasteiger charge is 2.31. The van der Waals surface area contributed by atoms with Crippen molar-refractivity contribution in [2.45, 2.75) is 24.3 Å². The molecule has 0 aliphatic carbocycles. The van der Waals surface area contributed by atoms with Crippen LogP contribution in [0.25, 0.3) is 0 Å². The molecule has 40 heavy (non-hydrogen) atoms. The number of sulfonamides is 1. The van der Waals surface area contributed by atoms with Crippen LogP contribution in [0.5, 0.6) is 5.75 Å². The van der Waals surface area contributed by atoms with Gasteiger partial charge >= 0.3 is 5.97 Å². The van der Waals surface area contributed by atoms with Gasteiger partial charge in [-0.15, -0.1) is 0 Å². The van der Waals surface area contributed by atoms with Gasteiger partial charge in [-0.3, -0.25) is 9.59 Å². The molecule has 1 saturated heterocycles. The van der Waals surface area contributed by atoms with E-state index in [-0.39, 0.29) is 23.2 Å². The van der Waals surface area contributed by atoms with E-state index in [0.29, 0.717) is 49.6 Å². The molecule has 0 saturated carbocycles. The first kappa shape index (κ1) is 29.0. The predicted molar refractivity (Wildman–Crippen MR) is 148 cm³/mol. The largest absolute Gasteiger partial charge is 0.495 e. The van der Waals surface area contributed by atoms with E-state index in [1.165, 1.54) is 32.2 Å². The lowest BCUT2D eigenvalue weighted by molar-refractivity contribution is -0.159. The fourth-order valence-corrected chi connectivity index (χ4v) is 5.59. The van der Waals surface area contributed by atoms with E-state index in [2.05, 4.69) is 4.72 Å². The summed E-state index contributed by atoms with van der Waals surface area (Å²) in [7, 11) is -2.31. The minimum atomic E-state index is -3.82. The summed E-state index contributed by atoms with van der Waals surface area (Å²) in [4.78, 5) is 28.7. The maximum absolute atomic E-state index is 13.3. The number of carbonyl (C=O) groups is 2. The summed E-state index contributed by atoms with van der Waals surface area (Å²) in [5.41, 5.74) is 2.00. The molecule has 1 aliphatic rings. The van der Waals surface area contributed by atoms with Crippen molar-refractivity contribution in [2.75, 3.05) is 44.7 Å². The normalized spacial score (nSPS) is 14.5. The molecule has 1 atom stereocenters. The molecule has 11 heteroatoms. The van der Waals surface area contributed by atoms with E-state index in [9.17, 15) is 22.4 Å². The number of esters is 1. The molecular weight excluding hydrogens is 537 g/mol. The van der Waals surface area contributed by atoms with Crippen LogP contribution in [0.15, 0.2) is 77.7 Å². The van der Waals surface area contributed by atoms with E-state index in [1.54, 1.807) is 53.4 Å². The van der Waals surface area contributed by atoms with E-state index < -0.39 is 22.1 Å². The number of hydrogen-bond donors (Lipinski definition) is 1. The summed E-state index contributed by atoms with van der Waals surface area (Å²) in [5.74, 6) is -0.697. The van der Waals surface area contributed by atoms with E-state index in [0.717, 1.165) is 5.56 Å². The summed E-state index contributed by atoms with van der Waals surface area (Å²) >= 11 is 0. The molecule has 1 amide bonds. The van der Waals surface area contributed by atoms with Gasteiger partial charge in [-0.05, 0) is 42.3 Å². The highest BCUT2D eigenvalue weighted by molar-refractivity contribution is 7.89. The van der Waals surface area contributed by atoms with Gasteiger partial charge in [0.1, 0.15) is 11.6 Å². The molecule has 9 nitrogen and oxygen atoms in total. The van der Waals surface area contributed by atoms with Gasteiger partial charge in [0.2, 0.25) is 16.1 Å². The third kappa shape index (κ3) is 7.16. The maximum Gasteiger partial charge on any atom is 0.303 e. The molecule has 1 heterocycles. The Labute approximate surface area is 233 Å². The number of carbonyl (C=O) groups excluding carboxylic acids is 2. The Morgan fingerprint density at radius 1 is 0.975 bits per heavy atom. The first-order chi connectivity index (χ1) is 19.2. The number of hydrogen-bond acceptors (Lipinski definition) is 7. The van der Waals surface area contributed by atoms with Crippen LogP contribution in [0.4, 0.5) is 10.1 Å². The van der Waals surface area contributed by atoms with Crippen LogP contribution in [0.3, 0.4) is 0 Å². The van der Waals surface area contributed by atoms with Crippen molar-refractivity contribution in [1.82, 2.24) is 9.62 Å². The standard InChI is InChI=1S/C29H32FN3O6S/c1-21(34)39-28(23-6-4-3-5-7-23)29(35)33-18-16-32(17-19-33)26-20-25(12-13-27(26)38-2)40(36,37)31-15-14-22-8-10-24(30)11-9-22/h3-13,20,28,31H,14-19H2,1-2H3. The van der Waals surface area contributed by atoms with Gasteiger partial charge in [-0.2, -0.15) is 0 Å². The van der Waals surface area contributed by atoms with Crippen molar-refractivity contribution in [1.29, 1.82) is 0 Å². The molecule has 1 aliphatic heterocycles. The Morgan fingerprint density at radius 2 is 1.65 bits per heavy atom. The SMILES string of the molecule is COc1ccc(S(=O)(=O)NCCc2ccc(F)cc2)cc1N1CCN(C(=O)C(OC(C)=O)c2ccccc2)CC1. The molecule has 4 rings (SSSR count). The Hall–Kier alpha value is -3.96. The minimum absolute atomic E-state index is 0.0833. The van der Waals surface area contributed by atoms with Crippen LogP contribution < -0.4 is 14.4 Å². The molecular formula is C29H32FN3O6S. The molecule has 1 N–H and O–H groups in total. The lowest BCUT2D eigenvalue weighted by Gasteiger charge is -2.38. The molecule has 3 aromatic carbocycles. The van der Waals surface area contributed by atoms with Crippen LogP contribution >= 0.6 is 0 Å². The number of nitrogens with zero attached hydrogens (tertiary/aromatic N) is 2. The average Bonchev–Trinajstić information content (AvgIpc) is 2.96. The Morgan fingerprint density at radius 3 is 2.27 bits per heavy atom. The molecule has 0 bridgehead atoms. The molecule has 0 radical (unpaired) electrons. The lowest BCUT2D eigenvalue weighted by atomic mass is 10.1. The molecule has 212 valence electrons. The fraction of sp³-hybridized carbons (Fsp3) is 0.310. The minimum Gasteiger partial charge on any atom is -0.495 e. The first-order valence-corrected chi connectivity index (χ1v) is 14.3. The van der Waals surface area contributed by atoms with Crippen LogP contribution in [0.1, 0.15) is 24.2 Å². The third-order valence-electron chi connectivity index (χ3n) is 6.62. The predicted octanol–water partition coefficient (Wildman–Crippen LogP) is 3.31. The summed E-state index contributed by atoms with van der Waals surface area (Å²) in [6.07, 6.45) is -0.621. The van der Waals surface area contributed by atoms with Crippen molar-refractivity contribution in [2.24, 2.45) is 0 Å². The Bertz CT molecular complexity index is 1430. The maximum atomic E-state index is 13.3. The number of methoxy groups -OCH3 is 1. The van der Waals surface area contributed by atoms with Crippen molar-refractivity contribution in [3.05, 3.63) is 89.7 Å². The second kappa shape index (κ2) is 12.9. The number of halogens is 1. The van der Waals surface area contributed by atoms with Crippen LogP contribution in [-0.2, 0) is 30.8 Å². The number of benzene rings is 3. The second-order valence-corrected chi connectivity index (χ2v) is 11.1. The summed E-state index contributed by atoms with van der Waals surface area (Å²) in [5, 5.41) is 0. The van der Waals surface area contributed by atoms with Gasteiger partial charge < -0.3 is 19.3 Å². The Balaban J connectivity index is 1.43. The average molecular weight is 570 g/mol. The van der Waals surface area contributed by atoms with Crippen molar-refractivity contribution < 1.29 is 31.9 Å². The number of amides is 1. The molecule has 0 spiro atoms. The van der Waals surface area contributed by atoms with Gasteiger partial charge in [-0.1, -0.05) is 42.5 Å². The molecule has 3 aromatic rings. The zero-order chi connectivity index (χ0) is 28.7. The molecule has 1 fully saturated rings. The van der Waals surface area contributed by atoms with E-state index >= 15 is 0 Å². The zero-order valence-electron chi connectivity index (χ0n) is 22.4.